The fourth-order valence-corrected chi connectivity index (χ4v) is 1.64. The van der Waals surface area contributed by atoms with Crippen molar-refractivity contribution in [3.8, 4) is 11.5 Å². The number of hydrogen-bond donors (Lipinski definition) is 2. The number of primary amides is 1. The minimum atomic E-state index is -1.10. The fourth-order valence-electron chi connectivity index (χ4n) is 1.52. The van der Waals surface area contributed by atoms with E-state index >= 15 is 0 Å². The molecule has 112 valence electrons. The van der Waals surface area contributed by atoms with Gasteiger partial charge in [0.15, 0.2) is 0 Å². The molecule has 0 bridgehead atoms. The number of hydrogen-bond acceptors (Lipinski definition) is 4. The van der Waals surface area contributed by atoms with Crippen molar-refractivity contribution in [3.63, 3.8) is 0 Å². The van der Waals surface area contributed by atoms with Crippen LogP contribution in [0.25, 0.3) is 0 Å². The van der Waals surface area contributed by atoms with E-state index in [1.54, 1.807) is 48.5 Å². The Morgan fingerprint density at radius 1 is 1.14 bits per heavy atom. The zero-order valence-electron chi connectivity index (χ0n) is 11.3. The van der Waals surface area contributed by atoms with E-state index in [4.69, 9.17) is 22.1 Å². The first kappa shape index (κ1) is 15.5. The normalized spacial score (nSPS) is 10.4. The molecule has 6 nitrogen and oxygen atoms in total. The number of halogens is 1. The van der Waals surface area contributed by atoms with Gasteiger partial charge in [0.1, 0.15) is 11.5 Å². The molecule has 0 radical (unpaired) electrons. The summed E-state index contributed by atoms with van der Waals surface area (Å²) < 4.78 is 5.66. The van der Waals surface area contributed by atoms with Crippen LogP contribution in [0.15, 0.2) is 53.6 Å². The molecular formula is C15H12ClN3O3. The van der Waals surface area contributed by atoms with Crippen molar-refractivity contribution in [1.29, 1.82) is 0 Å². The molecule has 0 aromatic heterocycles. The van der Waals surface area contributed by atoms with Crippen LogP contribution in [0.2, 0.25) is 5.02 Å². The summed E-state index contributed by atoms with van der Waals surface area (Å²) in [6.45, 7) is 0. The number of benzene rings is 2. The van der Waals surface area contributed by atoms with Crippen molar-refractivity contribution >= 4 is 29.6 Å². The Morgan fingerprint density at radius 2 is 1.86 bits per heavy atom. The van der Waals surface area contributed by atoms with Gasteiger partial charge in [0, 0.05) is 5.02 Å². The van der Waals surface area contributed by atoms with E-state index in [9.17, 15) is 9.59 Å². The second-order valence-electron chi connectivity index (χ2n) is 4.19. The Balaban J connectivity index is 2.03. The Kier molecular flexibility index (Phi) is 5.11. The summed E-state index contributed by atoms with van der Waals surface area (Å²) in [4.78, 5) is 21.5. The fraction of sp³-hybridized carbons (Fsp3) is 0. The minimum Gasteiger partial charge on any atom is -0.457 e. The highest BCUT2D eigenvalue weighted by Crippen LogP contribution is 2.23. The van der Waals surface area contributed by atoms with Gasteiger partial charge in [-0.1, -0.05) is 23.7 Å². The molecule has 2 aromatic carbocycles. The van der Waals surface area contributed by atoms with E-state index in [-0.39, 0.29) is 0 Å². The average Bonchev–Trinajstić information content (AvgIpc) is 2.50. The van der Waals surface area contributed by atoms with Crippen LogP contribution >= 0.6 is 11.6 Å². The topological polar surface area (TPSA) is 93.8 Å². The van der Waals surface area contributed by atoms with Gasteiger partial charge in [-0.15, -0.1) is 0 Å². The maximum Gasteiger partial charge on any atom is 0.329 e. The quantitative estimate of drug-likeness (QED) is 0.513. The molecule has 0 saturated carbocycles. The number of nitrogens with zero attached hydrogens (tertiary/aromatic N) is 1. The van der Waals surface area contributed by atoms with Crippen molar-refractivity contribution in [2.45, 2.75) is 0 Å². The van der Waals surface area contributed by atoms with Gasteiger partial charge in [-0.3, -0.25) is 9.59 Å². The van der Waals surface area contributed by atoms with Gasteiger partial charge < -0.3 is 10.5 Å². The molecule has 0 heterocycles. The first-order chi connectivity index (χ1) is 10.5. The van der Waals surface area contributed by atoms with E-state index in [1.807, 2.05) is 5.43 Å². The predicted octanol–water partition coefficient (Wildman–Crippen LogP) is 2.07. The number of nitrogens with one attached hydrogen (secondary N) is 1. The van der Waals surface area contributed by atoms with E-state index in [2.05, 4.69) is 5.10 Å². The summed E-state index contributed by atoms with van der Waals surface area (Å²) in [5.41, 5.74) is 7.47. The Labute approximate surface area is 131 Å². The van der Waals surface area contributed by atoms with Crippen LogP contribution in [0.1, 0.15) is 5.56 Å². The molecule has 0 aliphatic carbocycles. The van der Waals surface area contributed by atoms with Crippen LogP contribution in [0.4, 0.5) is 0 Å². The number of carbonyl (C=O) groups excluding carboxylic acids is 2. The average molecular weight is 318 g/mol. The number of ether oxygens (including phenoxy) is 1. The predicted molar refractivity (Wildman–Crippen MR) is 82.9 cm³/mol. The number of carbonyl (C=O) groups is 2. The van der Waals surface area contributed by atoms with E-state index < -0.39 is 11.8 Å². The van der Waals surface area contributed by atoms with Gasteiger partial charge in [0.2, 0.25) is 0 Å². The van der Waals surface area contributed by atoms with Crippen LogP contribution in [0.5, 0.6) is 11.5 Å². The van der Waals surface area contributed by atoms with Gasteiger partial charge in [-0.25, -0.2) is 5.43 Å². The second-order valence-corrected chi connectivity index (χ2v) is 4.63. The monoisotopic (exact) mass is 317 g/mol. The molecule has 22 heavy (non-hydrogen) atoms. The van der Waals surface area contributed by atoms with Gasteiger partial charge in [0.25, 0.3) is 0 Å². The molecule has 7 heteroatoms. The van der Waals surface area contributed by atoms with E-state index in [1.165, 1.54) is 6.21 Å². The third kappa shape index (κ3) is 4.60. The van der Waals surface area contributed by atoms with Crippen molar-refractivity contribution in [3.05, 3.63) is 59.1 Å². The summed E-state index contributed by atoms with van der Waals surface area (Å²) in [6, 6.07) is 14.0. The van der Waals surface area contributed by atoms with Crippen LogP contribution in [-0.4, -0.2) is 18.0 Å². The molecule has 2 amide bonds. The Morgan fingerprint density at radius 3 is 2.55 bits per heavy atom. The largest absolute Gasteiger partial charge is 0.457 e. The second kappa shape index (κ2) is 7.24. The Bertz CT molecular complexity index is 714. The molecule has 0 unspecified atom stereocenters. The molecule has 0 aliphatic heterocycles. The molecule has 3 N–H and O–H groups in total. The Hall–Kier alpha value is -2.86. The summed E-state index contributed by atoms with van der Waals surface area (Å²) in [7, 11) is 0. The van der Waals surface area contributed by atoms with Crippen LogP contribution in [-0.2, 0) is 9.59 Å². The van der Waals surface area contributed by atoms with Crippen molar-refractivity contribution in [2.75, 3.05) is 0 Å². The first-order valence-electron chi connectivity index (χ1n) is 6.21. The molecule has 0 saturated heterocycles. The maximum atomic E-state index is 10.9. The van der Waals surface area contributed by atoms with Crippen LogP contribution in [0, 0.1) is 0 Å². The summed E-state index contributed by atoms with van der Waals surface area (Å²) >= 11 is 5.80. The van der Waals surface area contributed by atoms with Crippen molar-refractivity contribution in [1.82, 2.24) is 5.43 Å². The highest BCUT2D eigenvalue weighted by molar-refractivity contribution is 6.34. The zero-order valence-corrected chi connectivity index (χ0v) is 12.1. The number of rotatable bonds is 4. The van der Waals surface area contributed by atoms with Crippen molar-refractivity contribution in [2.24, 2.45) is 10.8 Å². The van der Waals surface area contributed by atoms with Gasteiger partial charge >= 0.3 is 11.8 Å². The molecule has 0 fully saturated rings. The molecule has 0 spiro atoms. The molecular weight excluding hydrogens is 306 g/mol. The van der Waals surface area contributed by atoms with Gasteiger partial charge in [-0.2, -0.15) is 5.10 Å². The van der Waals surface area contributed by atoms with Crippen molar-refractivity contribution < 1.29 is 14.3 Å². The third-order valence-corrected chi connectivity index (χ3v) is 2.76. The lowest BCUT2D eigenvalue weighted by molar-refractivity contribution is -0.137. The molecule has 2 aromatic rings. The van der Waals surface area contributed by atoms with E-state index in [0.29, 0.717) is 22.1 Å². The highest BCUT2D eigenvalue weighted by Gasteiger charge is 2.05. The third-order valence-electron chi connectivity index (χ3n) is 2.51. The number of nitrogens with two attached hydrogens (primary N) is 1. The van der Waals surface area contributed by atoms with Crippen LogP contribution < -0.4 is 15.9 Å². The van der Waals surface area contributed by atoms with Gasteiger partial charge in [-0.05, 0) is 42.0 Å². The van der Waals surface area contributed by atoms with Crippen LogP contribution in [0.3, 0.4) is 0 Å². The van der Waals surface area contributed by atoms with Gasteiger partial charge in [0.05, 0.1) is 6.21 Å². The number of hydrazone groups is 1. The standard InChI is InChI=1S/C15H12ClN3O3/c16-11-4-6-12(7-5-11)22-13-3-1-2-10(8-13)9-18-19-15(21)14(17)20/h1-9H,(H2,17,20)(H,19,21). The van der Waals surface area contributed by atoms with E-state index in [0.717, 1.165) is 0 Å². The zero-order chi connectivity index (χ0) is 15.9. The minimum absolute atomic E-state index is 0.590. The highest BCUT2D eigenvalue weighted by atomic mass is 35.5. The summed E-state index contributed by atoms with van der Waals surface area (Å²) in [5, 5.41) is 4.25. The lowest BCUT2D eigenvalue weighted by Crippen LogP contribution is -2.32. The number of amides is 2. The summed E-state index contributed by atoms with van der Waals surface area (Å²) in [5.74, 6) is -0.852. The molecule has 2 rings (SSSR count). The molecule has 0 aliphatic rings. The smallest absolute Gasteiger partial charge is 0.329 e. The maximum absolute atomic E-state index is 10.9. The summed E-state index contributed by atoms with van der Waals surface area (Å²) in [6.07, 6.45) is 1.37. The lowest BCUT2D eigenvalue weighted by Gasteiger charge is -2.06. The first-order valence-corrected chi connectivity index (χ1v) is 6.59. The molecule has 0 atom stereocenters. The lowest BCUT2D eigenvalue weighted by atomic mass is 10.2. The SMILES string of the molecule is NC(=O)C(=O)NN=Cc1cccc(Oc2ccc(Cl)cc2)c1.